The maximum atomic E-state index is 13.0. The number of pyridine rings is 2. The SMILES string of the molecule is CN1C(=O)C[C@H](C(=O)NCCOCCOCCOCCOCCOCCOCCOCCOCCOCCOCCOCCOCCOCCOCCOCCNC(=O)COc2ccc3nccc(C(=O)NCC(=O)N4CCC[C@@H]4C#N)c3c2)[C@H]1c1cccnc1. The van der Waals surface area contributed by atoms with Gasteiger partial charge < -0.3 is 102 Å². The van der Waals surface area contributed by atoms with Crippen LogP contribution in [0.2, 0.25) is 0 Å². The third-order valence-corrected chi connectivity index (χ3v) is 13.7. The lowest BCUT2D eigenvalue weighted by Crippen LogP contribution is -2.42. The first-order chi connectivity index (χ1) is 44.8. The Morgan fingerprint density at radius 1 is 0.571 bits per heavy atom. The van der Waals surface area contributed by atoms with Crippen LogP contribution in [0.1, 0.15) is 41.2 Å². The first kappa shape index (κ1) is 75.5. The maximum absolute atomic E-state index is 13.0. The zero-order chi connectivity index (χ0) is 64.5. The van der Waals surface area contributed by atoms with Crippen LogP contribution in [-0.4, -0.2) is 293 Å². The summed E-state index contributed by atoms with van der Waals surface area (Å²) in [5.41, 5.74) is 1.68. The average molecular weight is 1290 g/mol. The highest BCUT2D eigenvalue weighted by Gasteiger charge is 2.42. The second kappa shape index (κ2) is 49.5. The molecule has 4 heterocycles. The number of nitrogens with one attached hydrogen (secondary N) is 3. The van der Waals surface area contributed by atoms with Gasteiger partial charge >= 0.3 is 0 Å². The Labute approximate surface area is 532 Å². The zero-order valence-corrected chi connectivity index (χ0v) is 52.6. The lowest BCUT2D eigenvalue weighted by molar-refractivity contribution is -0.130. The van der Waals surface area contributed by atoms with Crippen LogP contribution >= 0.6 is 0 Å². The molecule has 29 nitrogen and oxygen atoms in total. The Morgan fingerprint density at radius 2 is 1.02 bits per heavy atom. The van der Waals surface area contributed by atoms with Crippen molar-refractivity contribution in [2.75, 3.05) is 238 Å². The van der Waals surface area contributed by atoms with Gasteiger partial charge in [-0.3, -0.25) is 33.9 Å². The van der Waals surface area contributed by atoms with E-state index in [1.807, 2.05) is 6.07 Å². The lowest BCUT2D eigenvalue weighted by Gasteiger charge is -2.24. The first-order valence-electron chi connectivity index (χ1n) is 31.1. The molecule has 5 amide bonds. The van der Waals surface area contributed by atoms with Crippen molar-refractivity contribution in [3.8, 4) is 11.8 Å². The van der Waals surface area contributed by atoms with Gasteiger partial charge in [0, 0.05) is 57.1 Å². The molecule has 508 valence electrons. The van der Waals surface area contributed by atoms with Crippen molar-refractivity contribution >= 4 is 40.4 Å². The van der Waals surface area contributed by atoms with E-state index in [1.54, 1.807) is 54.7 Å². The minimum Gasteiger partial charge on any atom is -0.484 e. The van der Waals surface area contributed by atoms with Crippen LogP contribution in [0.4, 0.5) is 0 Å². The number of fused-ring (bicyclic) bond motifs is 1. The molecule has 29 heteroatoms. The van der Waals surface area contributed by atoms with Gasteiger partial charge in [-0.1, -0.05) is 6.07 Å². The largest absolute Gasteiger partial charge is 0.484 e. The Hall–Kier alpha value is -6.18. The smallest absolute Gasteiger partial charge is 0.258 e. The van der Waals surface area contributed by atoms with E-state index in [1.165, 1.54) is 11.1 Å². The number of nitriles is 1. The number of likely N-dealkylation sites (tertiary alicyclic amines) is 2. The van der Waals surface area contributed by atoms with Gasteiger partial charge in [-0.25, -0.2) is 0 Å². The van der Waals surface area contributed by atoms with Crippen LogP contribution in [0.3, 0.4) is 0 Å². The molecule has 3 aromatic rings. The summed E-state index contributed by atoms with van der Waals surface area (Å²) < 4.78 is 88.6. The molecular formula is C62H94N8O21. The van der Waals surface area contributed by atoms with Crippen LogP contribution < -0.4 is 20.7 Å². The number of ether oxygens (including phenoxy) is 16. The number of hydrogen-bond donors (Lipinski definition) is 3. The number of benzene rings is 1. The van der Waals surface area contributed by atoms with Crippen LogP contribution in [0, 0.1) is 17.2 Å². The Kier molecular flexibility index (Phi) is 41.1. The van der Waals surface area contributed by atoms with Gasteiger partial charge in [-0.2, -0.15) is 5.26 Å². The molecule has 0 spiro atoms. The molecule has 5 rings (SSSR count). The topological polar surface area (TPSA) is 325 Å². The highest BCUT2D eigenvalue weighted by Crippen LogP contribution is 2.36. The van der Waals surface area contributed by atoms with Crippen molar-refractivity contribution in [2.24, 2.45) is 5.92 Å². The van der Waals surface area contributed by atoms with E-state index >= 15 is 0 Å². The Balaban J connectivity index is 0.651. The second-order valence-electron chi connectivity index (χ2n) is 20.3. The van der Waals surface area contributed by atoms with E-state index in [-0.39, 0.29) is 62.4 Å². The minimum atomic E-state index is -0.474. The maximum Gasteiger partial charge on any atom is 0.258 e. The molecule has 2 saturated heterocycles. The number of carbonyl (C=O) groups excluding carboxylic acids is 5. The first-order valence-corrected chi connectivity index (χ1v) is 31.1. The van der Waals surface area contributed by atoms with Gasteiger partial charge in [-0.15, -0.1) is 0 Å². The fourth-order valence-electron chi connectivity index (χ4n) is 9.10. The summed E-state index contributed by atoms with van der Waals surface area (Å²) in [5, 5.41) is 18.0. The number of aromatic nitrogens is 2. The molecular weight excluding hydrogens is 1190 g/mol. The fourth-order valence-corrected chi connectivity index (χ4v) is 9.10. The number of carbonyl (C=O) groups is 5. The molecule has 91 heavy (non-hydrogen) atoms. The Morgan fingerprint density at radius 3 is 1.46 bits per heavy atom. The van der Waals surface area contributed by atoms with Crippen molar-refractivity contribution in [1.82, 2.24) is 35.7 Å². The Bertz CT molecular complexity index is 2500. The van der Waals surface area contributed by atoms with Crippen LogP contribution in [0.25, 0.3) is 10.9 Å². The molecule has 0 unspecified atom stereocenters. The summed E-state index contributed by atoms with van der Waals surface area (Å²) in [4.78, 5) is 74.7. The van der Waals surface area contributed by atoms with Gasteiger partial charge in [0.15, 0.2) is 6.61 Å². The van der Waals surface area contributed by atoms with Gasteiger partial charge in [0.2, 0.25) is 17.7 Å². The number of amides is 5. The summed E-state index contributed by atoms with van der Waals surface area (Å²) in [7, 11) is 1.71. The van der Waals surface area contributed by atoms with E-state index in [4.69, 9.17) is 75.8 Å². The van der Waals surface area contributed by atoms with Crippen molar-refractivity contribution in [3.63, 3.8) is 0 Å². The van der Waals surface area contributed by atoms with Gasteiger partial charge in [0.25, 0.3) is 11.8 Å². The van der Waals surface area contributed by atoms with Crippen LogP contribution in [0.5, 0.6) is 5.75 Å². The molecule has 2 aromatic heterocycles. The standard InChI is InChI=1S/C62H94N8O21/c1-69-58(72)45-55(60(69)50-4-2-9-64-47-50)62(75)67-12-15-77-17-19-79-21-23-81-25-27-83-29-31-85-33-35-87-37-39-89-41-43-90-42-40-88-38-36-86-34-32-84-30-28-82-26-24-80-22-20-78-18-16-76-14-11-66-57(71)49-91-52-6-7-56-54(44-52)53(8-10-65-56)61(74)68-48-59(73)70-13-3-5-51(70)46-63/h2,4,6-10,44,47,51,55,60H,3,5,11-43,45,48-49H2,1H3,(H,66,71)(H,67,75)(H,68,74)/t51-,55+,60-/m1/s1. The fraction of sp³-hybridized carbons (Fsp3) is 0.677. The van der Waals surface area contributed by atoms with Crippen molar-refractivity contribution in [3.05, 3.63) is 66.1 Å². The minimum absolute atomic E-state index is 0.0659. The molecule has 2 aliphatic heterocycles. The molecule has 3 N–H and O–H groups in total. The van der Waals surface area contributed by atoms with Gasteiger partial charge in [0.05, 0.1) is 234 Å². The quantitative estimate of drug-likeness (QED) is 0.0663. The van der Waals surface area contributed by atoms with Crippen molar-refractivity contribution in [1.29, 1.82) is 5.26 Å². The lowest BCUT2D eigenvalue weighted by atomic mass is 9.94. The number of hydrogen-bond acceptors (Lipinski definition) is 24. The van der Waals surface area contributed by atoms with E-state index in [0.29, 0.717) is 233 Å². The molecule has 2 fully saturated rings. The van der Waals surface area contributed by atoms with Crippen LogP contribution in [0.15, 0.2) is 55.0 Å². The highest BCUT2D eigenvalue weighted by atomic mass is 16.6. The molecule has 0 saturated carbocycles. The third kappa shape index (κ3) is 32.8. The molecule has 0 radical (unpaired) electrons. The molecule has 1 aromatic carbocycles. The summed E-state index contributed by atoms with van der Waals surface area (Å²) in [6.07, 6.45) is 6.40. The van der Waals surface area contributed by atoms with E-state index in [0.717, 1.165) is 12.0 Å². The highest BCUT2D eigenvalue weighted by molar-refractivity contribution is 6.07. The summed E-state index contributed by atoms with van der Waals surface area (Å²) in [6.45, 7) is 13.5. The van der Waals surface area contributed by atoms with E-state index < -0.39 is 17.9 Å². The third-order valence-electron chi connectivity index (χ3n) is 13.7. The average Bonchev–Trinajstić information content (AvgIpc) is 1.93. The molecule has 0 bridgehead atoms. The van der Waals surface area contributed by atoms with E-state index in [2.05, 4.69) is 32.0 Å². The predicted octanol–water partition coefficient (Wildman–Crippen LogP) is 0.954. The van der Waals surface area contributed by atoms with Crippen molar-refractivity contribution in [2.45, 2.75) is 31.3 Å². The second-order valence-corrected chi connectivity index (χ2v) is 20.3. The molecule has 0 aliphatic carbocycles. The molecule has 3 atom stereocenters. The number of rotatable bonds is 56. The van der Waals surface area contributed by atoms with Crippen molar-refractivity contribution < 1.29 is 99.8 Å². The van der Waals surface area contributed by atoms with Crippen LogP contribution in [-0.2, 0) is 90.2 Å². The zero-order valence-electron chi connectivity index (χ0n) is 52.6. The monoisotopic (exact) mass is 1290 g/mol. The summed E-state index contributed by atoms with van der Waals surface area (Å²) >= 11 is 0. The predicted molar refractivity (Wildman–Crippen MR) is 326 cm³/mol. The normalized spacial score (nSPS) is 15.6. The van der Waals surface area contributed by atoms with Gasteiger partial charge in [0.1, 0.15) is 11.8 Å². The van der Waals surface area contributed by atoms with Gasteiger partial charge in [-0.05, 0) is 48.7 Å². The van der Waals surface area contributed by atoms with E-state index in [9.17, 15) is 29.2 Å². The summed E-state index contributed by atoms with van der Waals surface area (Å²) in [6, 6.07) is 11.5. The number of nitrogens with zero attached hydrogens (tertiary/aromatic N) is 5. The molecule has 2 aliphatic rings. The summed E-state index contributed by atoms with van der Waals surface area (Å²) in [5.74, 6) is -1.47.